The molecule has 1 unspecified atom stereocenters. The summed E-state index contributed by atoms with van der Waals surface area (Å²) in [6.45, 7) is 6.41. The highest BCUT2D eigenvalue weighted by Crippen LogP contribution is 2.43. The molecule has 1 aliphatic heterocycles. The first-order chi connectivity index (χ1) is 20.8. The zero-order valence-corrected chi connectivity index (χ0v) is 27.1. The first kappa shape index (κ1) is 30.5. The van der Waals surface area contributed by atoms with E-state index in [-0.39, 0.29) is 5.91 Å². The van der Waals surface area contributed by atoms with Crippen LogP contribution in [0, 0.1) is 6.92 Å². The maximum atomic E-state index is 14.0. The van der Waals surface area contributed by atoms with Gasteiger partial charge in [-0.3, -0.25) is 4.79 Å². The third-order valence-electron chi connectivity index (χ3n) is 6.94. The second-order valence-corrected chi connectivity index (χ2v) is 12.0. The zero-order chi connectivity index (χ0) is 30.5. The van der Waals surface area contributed by atoms with E-state index in [9.17, 15) is 4.79 Å². The molecule has 1 aromatic heterocycles. The number of anilines is 2. The lowest BCUT2D eigenvalue weighted by molar-refractivity contribution is -0.113. The Bertz CT molecular complexity index is 1650. The molecular weight excluding hydrogens is 630 g/mol. The van der Waals surface area contributed by atoms with Gasteiger partial charge in [0.25, 0.3) is 5.91 Å². The van der Waals surface area contributed by atoms with Crippen molar-refractivity contribution in [3.63, 3.8) is 0 Å². The SMILES string of the molecule is CCCSc1nc2n(n1)C(c1cc(Br)c(OCc3ccc(C)cc3)c(OC)c1)C(C(=O)Nc1ccccc1OC)=C(C)N2. The van der Waals surface area contributed by atoms with Crippen molar-refractivity contribution in [2.75, 3.05) is 30.6 Å². The third kappa shape index (κ3) is 6.67. The summed E-state index contributed by atoms with van der Waals surface area (Å²) < 4.78 is 20.0. The Balaban J connectivity index is 1.55. The van der Waals surface area contributed by atoms with Crippen LogP contribution in [0.25, 0.3) is 0 Å². The molecule has 224 valence electrons. The molecule has 0 radical (unpaired) electrons. The fraction of sp³-hybridized carbons (Fsp3) is 0.281. The van der Waals surface area contributed by atoms with E-state index in [1.54, 1.807) is 42.8 Å². The average molecular weight is 665 g/mol. The number of carbonyl (C=O) groups excluding carboxylic acids is 1. The molecule has 5 rings (SSSR count). The van der Waals surface area contributed by atoms with Gasteiger partial charge < -0.3 is 24.8 Å². The van der Waals surface area contributed by atoms with Gasteiger partial charge in [-0.15, -0.1) is 5.10 Å². The molecule has 0 aliphatic carbocycles. The monoisotopic (exact) mass is 663 g/mol. The number of allylic oxidation sites excluding steroid dienone is 1. The van der Waals surface area contributed by atoms with Crippen LogP contribution in [0.1, 0.15) is 43.0 Å². The largest absolute Gasteiger partial charge is 0.495 e. The van der Waals surface area contributed by atoms with Crippen molar-refractivity contribution in [2.45, 2.75) is 45.0 Å². The summed E-state index contributed by atoms with van der Waals surface area (Å²) in [4.78, 5) is 18.7. The van der Waals surface area contributed by atoms with Crippen LogP contribution in [0.2, 0.25) is 0 Å². The number of aryl methyl sites for hydroxylation is 1. The number of nitrogens with one attached hydrogen (secondary N) is 2. The number of benzene rings is 3. The highest BCUT2D eigenvalue weighted by molar-refractivity contribution is 9.10. The lowest BCUT2D eigenvalue weighted by atomic mass is 9.94. The van der Waals surface area contributed by atoms with Crippen LogP contribution < -0.4 is 24.8 Å². The molecule has 0 saturated heterocycles. The van der Waals surface area contributed by atoms with Gasteiger partial charge in [-0.25, -0.2) is 4.68 Å². The number of rotatable bonds is 11. The molecule has 11 heteroatoms. The number of aromatic nitrogens is 3. The summed E-state index contributed by atoms with van der Waals surface area (Å²) in [5.41, 5.74) is 4.72. The number of amides is 1. The van der Waals surface area contributed by atoms with Crippen molar-refractivity contribution in [1.29, 1.82) is 0 Å². The van der Waals surface area contributed by atoms with Gasteiger partial charge >= 0.3 is 0 Å². The first-order valence-corrected chi connectivity index (χ1v) is 15.7. The number of halogens is 1. The normalized spacial score (nSPS) is 14.1. The van der Waals surface area contributed by atoms with Crippen LogP contribution in [0.5, 0.6) is 17.2 Å². The van der Waals surface area contributed by atoms with E-state index < -0.39 is 6.04 Å². The number of para-hydroxylation sites is 2. The Morgan fingerprint density at radius 3 is 2.53 bits per heavy atom. The maximum Gasteiger partial charge on any atom is 0.255 e. The van der Waals surface area contributed by atoms with Crippen LogP contribution in [0.15, 0.2) is 81.6 Å². The Morgan fingerprint density at radius 1 is 1.07 bits per heavy atom. The van der Waals surface area contributed by atoms with E-state index >= 15 is 0 Å². The predicted molar refractivity (Wildman–Crippen MR) is 173 cm³/mol. The van der Waals surface area contributed by atoms with Crippen molar-refractivity contribution in [1.82, 2.24) is 14.8 Å². The van der Waals surface area contributed by atoms with E-state index in [1.807, 2.05) is 43.3 Å². The van der Waals surface area contributed by atoms with Gasteiger partial charge in [-0.2, -0.15) is 4.98 Å². The Morgan fingerprint density at radius 2 is 1.81 bits per heavy atom. The lowest BCUT2D eigenvalue weighted by Gasteiger charge is -2.29. The van der Waals surface area contributed by atoms with Gasteiger partial charge in [0, 0.05) is 11.4 Å². The average Bonchev–Trinajstić information content (AvgIpc) is 3.41. The van der Waals surface area contributed by atoms with Crippen LogP contribution >= 0.6 is 27.7 Å². The topological polar surface area (TPSA) is 99.5 Å². The van der Waals surface area contributed by atoms with Crippen LogP contribution in [-0.4, -0.2) is 40.6 Å². The fourth-order valence-corrected chi connectivity index (χ4v) is 6.06. The van der Waals surface area contributed by atoms with Gasteiger partial charge in [0.15, 0.2) is 11.5 Å². The third-order valence-corrected chi connectivity index (χ3v) is 8.57. The highest BCUT2D eigenvalue weighted by Gasteiger charge is 2.35. The number of fused-ring (bicyclic) bond motifs is 1. The summed E-state index contributed by atoms with van der Waals surface area (Å²) in [5, 5.41) is 11.8. The number of hydrogen-bond acceptors (Lipinski definition) is 8. The highest BCUT2D eigenvalue weighted by atomic mass is 79.9. The summed E-state index contributed by atoms with van der Waals surface area (Å²) >= 11 is 5.29. The molecule has 0 saturated carbocycles. The smallest absolute Gasteiger partial charge is 0.255 e. The van der Waals surface area contributed by atoms with E-state index in [0.29, 0.717) is 56.4 Å². The molecule has 2 heterocycles. The minimum Gasteiger partial charge on any atom is -0.495 e. The molecule has 0 spiro atoms. The summed E-state index contributed by atoms with van der Waals surface area (Å²) in [6, 6.07) is 18.7. The van der Waals surface area contributed by atoms with Crippen molar-refractivity contribution in [3.05, 3.63) is 93.1 Å². The van der Waals surface area contributed by atoms with E-state index in [0.717, 1.165) is 23.3 Å². The second kappa shape index (κ2) is 13.6. The van der Waals surface area contributed by atoms with Gasteiger partial charge in [0.2, 0.25) is 11.1 Å². The van der Waals surface area contributed by atoms with Gasteiger partial charge in [0.1, 0.15) is 18.4 Å². The number of methoxy groups -OCH3 is 2. The van der Waals surface area contributed by atoms with E-state index in [1.165, 1.54) is 5.56 Å². The number of hydrogen-bond donors (Lipinski definition) is 2. The molecule has 1 amide bonds. The first-order valence-electron chi connectivity index (χ1n) is 13.9. The molecule has 0 fully saturated rings. The summed E-state index contributed by atoms with van der Waals surface area (Å²) in [7, 11) is 3.17. The van der Waals surface area contributed by atoms with Crippen molar-refractivity contribution < 1.29 is 19.0 Å². The second-order valence-electron chi connectivity index (χ2n) is 10.0. The minimum absolute atomic E-state index is 0.293. The van der Waals surface area contributed by atoms with E-state index in [4.69, 9.17) is 24.3 Å². The predicted octanol–water partition coefficient (Wildman–Crippen LogP) is 7.37. The number of thioether (sulfide) groups is 1. The van der Waals surface area contributed by atoms with Crippen molar-refractivity contribution in [3.8, 4) is 17.2 Å². The molecule has 3 aromatic carbocycles. The number of ether oxygens (including phenoxy) is 3. The Kier molecular flexibility index (Phi) is 9.62. The lowest BCUT2D eigenvalue weighted by Crippen LogP contribution is -2.31. The van der Waals surface area contributed by atoms with Crippen molar-refractivity contribution in [2.24, 2.45) is 0 Å². The van der Waals surface area contributed by atoms with Crippen molar-refractivity contribution >= 4 is 45.2 Å². The van der Waals surface area contributed by atoms with Gasteiger partial charge in [0.05, 0.1) is 30.0 Å². The quantitative estimate of drug-likeness (QED) is 0.160. The number of carbonyl (C=O) groups is 1. The minimum atomic E-state index is -0.606. The van der Waals surface area contributed by atoms with Crippen LogP contribution in [0.3, 0.4) is 0 Å². The maximum absolute atomic E-state index is 14.0. The Labute approximate surface area is 264 Å². The summed E-state index contributed by atoms with van der Waals surface area (Å²) in [6.07, 6.45) is 0.990. The molecule has 1 aliphatic rings. The fourth-order valence-electron chi connectivity index (χ4n) is 4.80. The van der Waals surface area contributed by atoms with Gasteiger partial charge in [-0.05, 0) is 71.6 Å². The standard InChI is InChI=1S/C32H34BrN5O4S/c1-6-15-43-32-36-31-34-20(3)27(30(39)35-24-9-7-8-10-25(24)40-4)28(38(31)37-32)22-16-23(33)29(26(17-22)41-5)42-18-21-13-11-19(2)12-14-21/h7-14,16-17,28H,6,15,18H2,1-5H3,(H,35,39)(H,34,36,37). The number of nitrogens with zero attached hydrogens (tertiary/aromatic N) is 3. The van der Waals surface area contributed by atoms with Crippen LogP contribution in [-0.2, 0) is 11.4 Å². The molecule has 1 atom stereocenters. The van der Waals surface area contributed by atoms with E-state index in [2.05, 4.69) is 52.5 Å². The summed E-state index contributed by atoms with van der Waals surface area (Å²) in [5.74, 6) is 2.81. The Hall–Kier alpha value is -3.96. The van der Waals surface area contributed by atoms with Gasteiger partial charge in [-0.1, -0.05) is 60.6 Å². The molecule has 4 aromatic rings. The van der Waals surface area contributed by atoms with Crippen LogP contribution in [0.4, 0.5) is 11.6 Å². The molecule has 43 heavy (non-hydrogen) atoms. The molecular formula is C32H34BrN5O4S. The molecule has 2 N–H and O–H groups in total. The zero-order valence-electron chi connectivity index (χ0n) is 24.7. The molecule has 9 nitrogen and oxygen atoms in total. The molecule has 0 bridgehead atoms.